The van der Waals surface area contributed by atoms with Gasteiger partial charge in [-0.05, 0) is 29.8 Å². The Labute approximate surface area is 189 Å². The molecule has 2 aliphatic heterocycles. The zero-order valence-electron chi connectivity index (χ0n) is 17.9. The van der Waals surface area contributed by atoms with Crippen molar-refractivity contribution in [3.63, 3.8) is 0 Å². The predicted octanol–water partition coefficient (Wildman–Crippen LogP) is 2.17. The van der Waals surface area contributed by atoms with E-state index in [-0.39, 0.29) is 49.3 Å². The number of nitrogens with one attached hydrogen (secondary N) is 1. The molecule has 2 aromatic rings. The lowest BCUT2D eigenvalue weighted by Gasteiger charge is -2.58. The van der Waals surface area contributed by atoms with Crippen molar-refractivity contribution in [3.05, 3.63) is 65.2 Å². The largest absolute Gasteiger partial charge is 0.394 e. The maximum absolute atomic E-state index is 13.9. The Morgan fingerprint density at radius 2 is 2.00 bits per heavy atom. The SMILES string of the molecule is COCC#Cc1ccc([C@@H]2[C@@H](CO)N3C(=O)CN(C(=O)Nc4cc(F)ccc4F)C[C@H]23)cc1. The molecule has 0 aromatic heterocycles. The summed E-state index contributed by atoms with van der Waals surface area (Å²) in [5, 5.41) is 12.2. The number of hydrogen-bond acceptors (Lipinski definition) is 4. The van der Waals surface area contributed by atoms with Crippen LogP contribution in [0.25, 0.3) is 0 Å². The number of methoxy groups -OCH3 is 1. The molecule has 2 aromatic carbocycles. The molecule has 33 heavy (non-hydrogen) atoms. The molecule has 2 fully saturated rings. The van der Waals surface area contributed by atoms with Crippen LogP contribution in [0.4, 0.5) is 19.3 Å². The molecular formula is C24H23F2N3O4. The number of aliphatic hydroxyl groups is 1. The summed E-state index contributed by atoms with van der Waals surface area (Å²) in [5.74, 6) is 3.91. The van der Waals surface area contributed by atoms with E-state index in [0.29, 0.717) is 6.61 Å². The van der Waals surface area contributed by atoms with E-state index in [2.05, 4.69) is 17.2 Å². The Bertz CT molecular complexity index is 1110. The minimum absolute atomic E-state index is 0.179. The van der Waals surface area contributed by atoms with E-state index in [1.165, 1.54) is 4.90 Å². The van der Waals surface area contributed by atoms with Gasteiger partial charge in [-0.15, -0.1) is 0 Å². The molecule has 0 aliphatic carbocycles. The molecule has 3 atom stereocenters. The Morgan fingerprint density at radius 3 is 2.70 bits per heavy atom. The molecule has 0 spiro atoms. The van der Waals surface area contributed by atoms with Gasteiger partial charge in [-0.3, -0.25) is 4.79 Å². The smallest absolute Gasteiger partial charge is 0.322 e. The summed E-state index contributed by atoms with van der Waals surface area (Å²) in [6.07, 6.45) is 0. The molecule has 9 heteroatoms. The van der Waals surface area contributed by atoms with Gasteiger partial charge < -0.3 is 25.0 Å². The number of benzene rings is 2. The van der Waals surface area contributed by atoms with Crippen LogP contribution >= 0.6 is 0 Å². The number of aliphatic hydroxyl groups excluding tert-OH is 1. The van der Waals surface area contributed by atoms with Crippen LogP contribution in [0.2, 0.25) is 0 Å². The average molecular weight is 455 g/mol. The molecular weight excluding hydrogens is 432 g/mol. The molecule has 0 radical (unpaired) electrons. The summed E-state index contributed by atoms with van der Waals surface area (Å²) in [4.78, 5) is 28.3. The third-order valence-electron chi connectivity index (χ3n) is 5.95. The molecule has 2 heterocycles. The molecule has 2 aliphatic rings. The highest BCUT2D eigenvalue weighted by Gasteiger charge is 2.54. The summed E-state index contributed by atoms with van der Waals surface area (Å²) >= 11 is 0. The Hall–Kier alpha value is -3.48. The number of carbonyl (C=O) groups excluding carboxylic acids is 2. The van der Waals surface area contributed by atoms with Crippen LogP contribution in [0.5, 0.6) is 0 Å². The van der Waals surface area contributed by atoms with Crippen molar-refractivity contribution in [2.75, 3.05) is 38.7 Å². The topological polar surface area (TPSA) is 82.1 Å². The number of anilines is 1. The lowest BCUT2D eigenvalue weighted by molar-refractivity contribution is -0.159. The number of urea groups is 1. The van der Waals surface area contributed by atoms with Crippen LogP contribution in [-0.4, -0.2) is 72.3 Å². The van der Waals surface area contributed by atoms with Crippen LogP contribution in [0, 0.1) is 23.5 Å². The van der Waals surface area contributed by atoms with Gasteiger partial charge in [0.05, 0.1) is 24.4 Å². The zero-order valence-corrected chi connectivity index (χ0v) is 17.9. The highest BCUT2D eigenvalue weighted by Crippen LogP contribution is 2.43. The van der Waals surface area contributed by atoms with Gasteiger partial charge in [0.2, 0.25) is 5.91 Å². The van der Waals surface area contributed by atoms with Gasteiger partial charge >= 0.3 is 6.03 Å². The molecule has 2 N–H and O–H groups in total. The number of carbonyl (C=O) groups is 2. The first-order valence-electron chi connectivity index (χ1n) is 10.4. The fraction of sp³-hybridized carbons (Fsp3) is 0.333. The number of fused-ring (bicyclic) bond motifs is 1. The van der Waals surface area contributed by atoms with Gasteiger partial charge in [-0.25, -0.2) is 13.6 Å². The molecule has 0 bridgehead atoms. The Kier molecular flexibility index (Phi) is 6.58. The average Bonchev–Trinajstić information content (AvgIpc) is 2.78. The van der Waals surface area contributed by atoms with Gasteiger partial charge in [0.1, 0.15) is 24.8 Å². The van der Waals surface area contributed by atoms with Gasteiger partial charge in [0.25, 0.3) is 0 Å². The first kappa shape index (κ1) is 22.7. The summed E-state index contributed by atoms with van der Waals surface area (Å²) in [5.41, 5.74) is 1.43. The molecule has 172 valence electrons. The van der Waals surface area contributed by atoms with Crippen molar-refractivity contribution in [1.29, 1.82) is 0 Å². The van der Waals surface area contributed by atoms with Crippen molar-refractivity contribution in [2.24, 2.45) is 0 Å². The molecule has 0 unspecified atom stereocenters. The second-order valence-corrected chi connectivity index (χ2v) is 7.94. The highest BCUT2D eigenvalue weighted by molar-refractivity contribution is 5.94. The van der Waals surface area contributed by atoms with Crippen LogP contribution in [0.3, 0.4) is 0 Å². The summed E-state index contributed by atoms with van der Waals surface area (Å²) in [6.45, 7) is 0.109. The first-order chi connectivity index (χ1) is 15.9. The fourth-order valence-electron chi connectivity index (χ4n) is 4.44. The van der Waals surface area contributed by atoms with E-state index >= 15 is 0 Å². The molecule has 7 nitrogen and oxygen atoms in total. The maximum Gasteiger partial charge on any atom is 0.322 e. The number of ether oxygens (including phenoxy) is 1. The van der Waals surface area contributed by atoms with E-state index in [0.717, 1.165) is 29.3 Å². The summed E-state index contributed by atoms with van der Waals surface area (Å²) in [6, 6.07) is 8.85. The summed E-state index contributed by atoms with van der Waals surface area (Å²) < 4.78 is 32.3. The molecule has 0 saturated carbocycles. The minimum atomic E-state index is -0.773. The van der Waals surface area contributed by atoms with Crippen LogP contribution in [0.15, 0.2) is 42.5 Å². The van der Waals surface area contributed by atoms with Crippen LogP contribution in [0.1, 0.15) is 17.0 Å². The van der Waals surface area contributed by atoms with E-state index < -0.39 is 17.7 Å². The molecule has 2 saturated heterocycles. The maximum atomic E-state index is 13.9. The Morgan fingerprint density at radius 1 is 1.24 bits per heavy atom. The number of rotatable bonds is 4. The third kappa shape index (κ3) is 4.53. The number of amides is 3. The van der Waals surface area contributed by atoms with E-state index in [9.17, 15) is 23.5 Å². The first-order valence-corrected chi connectivity index (χ1v) is 10.4. The van der Waals surface area contributed by atoms with Gasteiger partial charge in [0, 0.05) is 31.2 Å². The number of hydrogen-bond donors (Lipinski definition) is 2. The van der Waals surface area contributed by atoms with Crippen molar-refractivity contribution < 1.29 is 28.2 Å². The van der Waals surface area contributed by atoms with Crippen molar-refractivity contribution in [3.8, 4) is 11.8 Å². The highest BCUT2D eigenvalue weighted by atomic mass is 19.1. The van der Waals surface area contributed by atoms with Crippen LogP contribution < -0.4 is 5.32 Å². The third-order valence-corrected chi connectivity index (χ3v) is 5.95. The van der Waals surface area contributed by atoms with E-state index in [1.54, 1.807) is 12.0 Å². The van der Waals surface area contributed by atoms with E-state index in [4.69, 9.17) is 4.74 Å². The standard InChI is InChI=1S/C24H23F2N3O4/c1-33-10-2-3-15-4-6-16(7-5-15)23-20-12-28(13-22(31)29(20)21(23)14-30)24(32)27-19-11-17(25)8-9-18(19)26/h4-9,11,20-21,23,30H,10,12-14H2,1H3,(H,27,32)/t20-,21-,23+/m1/s1. The fourth-order valence-corrected chi connectivity index (χ4v) is 4.44. The lowest BCUT2D eigenvalue weighted by Crippen LogP contribution is -2.73. The molecule has 4 rings (SSSR count). The molecule has 3 amide bonds. The van der Waals surface area contributed by atoms with Gasteiger partial charge in [-0.2, -0.15) is 0 Å². The monoisotopic (exact) mass is 455 g/mol. The lowest BCUT2D eigenvalue weighted by atomic mass is 9.73. The van der Waals surface area contributed by atoms with Gasteiger partial charge in [0.15, 0.2) is 0 Å². The summed E-state index contributed by atoms with van der Waals surface area (Å²) in [7, 11) is 1.57. The predicted molar refractivity (Wildman–Crippen MR) is 116 cm³/mol. The zero-order chi connectivity index (χ0) is 23.5. The number of piperazine rings is 1. The minimum Gasteiger partial charge on any atom is -0.394 e. The number of nitrogens with zero attached hydrogens (tertiary/aromatic N) is 2. The van der Waals surface area contributed by atoms with Crippen molar-refractivity contribution in [1.82, 2.24) is 9.80 Å². The second-order valence-electron chi connectivity index (χ2n) is 7.94. The van der Waals surface area contributed by atoms with E-state index in [1.807, 2.05) is 24.3 Å². The van der Waals surface area contributed by atoms with Crippen molar-refractivity contribution in [2.45, 2.75) is 18.0 Å². The normalized spacial score (nSPS) is 21.6. The quantitative estimate of drug-likeness (QED) is 0.693. The van der Waals surface area contributed by atoms with Crippen molar-refractivity contribution >= 4 is 17.6 Å². The number of halogens is 2. The van der Waals surface area contributed by atoms with Crippen LogP contribution in [-0.2, 0) is 9.53 Å². The Balaban J connectivity index is 1.50. The van der Waals surface area contributed by atoms with Gasteiger partial charge in [-0.1, -0.05) is 24.0 Å². The second kappa shape index (κ2) is 9.57.